The van der Waals surface area contributed by atoms with Crippen molar-refractivity contribution in [2.75, 3.05) is 0 Å². The van der Waals surface area contributed by atoms with Crippen molar-refractivity contribution in [3.63, 3.8) is 0 Å². The molecule has 16 heavy (non-hydrogen) atoms. The van der Waals surface area contributed by atoms with Crippen molar-refractivity contribution in [2.24, 2.45) is 5.41 Å². The molecule has 0 aromatic heterocycles. The van der Waals surface area contributed by atoms with E-state index in [0.29, 0.717) is 11.0 Å². The zero-order valence-corrected chi connectivity index (χ0v) is 9.89. The lowest BCUT2D eigenvalue weighted by Crippen LogP contribution is -2.21. The zero-order chi connectivity index (χ0) is 11.8. The molecule has 1 aromatic rings. The van der Waals surface area contributed by atoms with Crippen LogP contribution < -0.4 is 0 Å². The third kappa shape index (κ3) is 2.26. The molecule has 0 bridgehead atoms. The van der Waals surface area contributed by atoms with Crippen LogP contribution in [0.15, 0.2) is 18.2 Å². The van der Waals surface area contributed by atoms with Gasteiger partial charge in [0.1, 0.15) is 11.6 Å². The first-order valence-corrected chi connectivity index (χ1v) is 5.93. The summed E-state index contributed by atoms with van der Waals surface area (Å²) in [6.45, 7) is 4.45. The quantitative estimate of drug-likeness (QED) is 0.651. The summed E-state index contributed by atoms with van der Waals surface area (Å²) in [5.41, 5.74) is 0.635. The second kappa shape index (κ2) is 4.15. The van der Waals surface area contributed by atoms with Gasteiger partial charge in [0, 0.05) is 5.56 Å². The summed E-state index contributed by atoms with van der Waals surface area (Å²) < 4.78 is 27.2. The molecule has 1 aliphatic rings. The number of benzene rings is 1. The van der Waals surface area contributed by atoms with Crippen molar-refractivity contribution in [1.29, 1.82) is 0 Å². The normalized spacial score (nSPS) is 21.0. The van der Waals surface area contributed by atoms with Crippen molar-refractivity contribution in [3.8, 4) is 0 Å². The van der Waals surface area contributed by atoms with Crippen molar-refractivity contribution >= 4 is 0 Å². The van der Waals surface area contributed by atoms with E-state index in [1.165, 1.54) is 18.2 Å². The van der Waals surface area contributed by atoms with Gasteiger partial charge in [-0.05, 0) is 49.1 Å². The minimum atomic E-state index is -0.385. The van der Waals surface area contributed by atoms with E-state index in [0.717, 1.165) is 25.7 Å². The lowest BCUT2D eigenvalue weighted by Gasteiger charge is -2.34. The SMILES string of the molecule is CC1(C)CCC(c2c(F)cccc2F)CC1. The van der Waals surface area contributed by atoms with E-state index in [2.05, 4.69) is 13.8 Å². The topological polar surface area (TPSA) is 0 Å². The molecule has 0 radical (unpaired) electrons. The molecule has 0 nitrogen and oxygen atoms in total. The van der Waals surface area contributed by atoms with E-state index in [1.807, 2.05) is 0 Å². The second-order valence-electron chi connectivity index (χ2n) is 5.57. The van der Waals surface area contributed by atoms with Gasteiger partial charge in [0.25, 0.3) is 0 Å². The van der Waals surface area contributed by atoms with Crippen LogP contribution in [-0.4, -0.2) is 0 Å². The highest BCUT2D eigenvalue weighted by molar-refractivity contribution is 5.24. The van der Waals surface area contributed by atoms with E-state index in [9.17, 15) is 8.78 Å². The van der Waals surface area contributed by atoms with Crippen molar-refractivity contribution < 1.29 is 8.78 Å². The first-order valence-electron chi connectivity index (χ1n) is 5.93. The molecule has 1 saturated carbocycles. The molecule has 0 unspecified atom stereocenters. The Hall–Kier alpha value is -0.920. The number of hydrogen-bond donors (Lipinski definition) is 0. The summed E-state index contributed by atoms with van der Waals surface area (Å²) in [7, 11) is 0. The van der Waals surface area contributed by atoms with Crippen molar-refractivity contribution in [1.82, 2.24) is 0 Å². The number of rotatable bonds is 1. The summed E-state index contributed by atoms with van der Waals surface area (Å²) in [6.07, 6.45) is 3.88. The molecule has 2 heteroatoms. The van der Waals surface area contributed by atoms with Gasteiger partial charge in [0.05, 0.1) is 0 Å². The van der Waals surface area contributed by atoms with E-state index in [-0.39, 0.29) is 17.6 Å². The van der Waals surface area contributed by atoms with Gasteiger partial charge in [-0.15, -0.1) is 0 Å². The Morgan fingerprint density at radius 1 is 1.06 bits per heavy atom. The molecule has 0 aliphatic heterocycles. The van der Waals surface area contributed by atoms with Gasteiger partial charge in [-0.2, -0.15) is 0 Å². The molecule has 1 fully saturated rings. The van der Waals surface area contributed by atoms with Crippen LogP contribution in [0.1, 0.15) is 51.0 Å². The average molecular weight is 224 g/mol. The third-order valence-electron chi connectivity index (χ3n) is 3.75. The summed E-state index contributed by atoms with van der Waals surface area (Å²) in [4.78, 5) is 0. The second-order valence-corrected chi connectivity index (χ2v) is 5.57. The monoisotopic (exact) mass is 224 g/mol. The lowest BCUT2D eigenvalue weighted by molar-refractivity contribution is 0.220. The first-order chi connectivity index (χ1) is 7.49. The standard InChI is InChI=1S/C14H18F2/c1-14(2)8-6-10(7-9-14)13-11(15)4-3-5-12(13)16/h3-5,10H,6-9H2,1-2H3. The van der Waals surface area contributed by atoms with Crippen LogP contribution in [0.4, 0.5) is 8.78 Å². The molecule has 0 amide bonds. The molecular weight excluding hydrogens is 206 g/mol. The van der Waals surface area contributed by atoms with Gasteiger partial charge in [-0.25, -0.2) is 8.78 Å². The van der Waals surface area contributed by atoms with Crippen LogP contribution in [-0.2, 0) is 0 Å². The van der Waals surface area contributed by atoms with E-state index in [4.69, 9.17) is 0 Å². The fourth-order valence-electron chi connectivity index (χ4n) is 2.59. The predicted molar refractivity (Wildman–Crippen MR) is 61.3 cm³/mol. The Morgan fingerprint density at radius 3 is 2.06 bits per heavy atom. The molecule has 1 aliphatic carbocycles. The Morgan fingerprint density at radius 2 is 1.56 bits per heavy atom. The van der Waals surface area contributed by atoms with E-state index in [1.54, 1.807) is 0 Å². The Balaban J connectivity index is 2.20. The third-order valence-corrected chi connectivity index (χ3v) is 3.75. The molecule has 88 valence electrons. The highest BCUT2D eigenvalue weighted by Crippen LogP contribution is 2.43. The first kappa shape index (κ1) is 11.6. The predicted octanol–water partition coefficient (Wildman–Crippen LogP) is 4.65. The van der Waals surface area contributed by atoms with Crippen LogP contribution in [0, 0.1) is 17.0 Å². The molecule has 1 aromatic carbocycles. The Kier molecular flexibility index (Phi) is 3.00. The van der Waals surface area contributed by atoms with Crippen molar-refractivity contribution in [2.45, 2.75) is 45.4 Å². The summed E-state index contributed by atoms with van der Waals surface area (Å²) in [5, 5.41) is 0. The van der Waals surface area contributed by atoms with Crippen LogP contribution >= 0.6 is 0 Å². The van der Waals surface area contributed by atoms with Gasteiger partial charge >= 0.3 is 0 Å². The average Bonchev–Trinajstić information content (AvgIpc) is 2.20. The number of hydrogen-bond acceptors (Lipinski definition) is 0. The minimum Gasteiger partial charge on any atom is -0.207 e. The maximum absolute atomic E-state index is 13.6. The van der Waals surface area contributed by atoms with Crippen LogP contribution in [0.25, 0.3) is 0 Å². The van der Waals surface area contributed by atoms with Gasteiger partial charge in [-0.1, -0.05) is 19.9 Å². The maximum atomic E-state index is 13.6. The van der Waals surface area contributed by atoms with Gasteiger partial charge < -0.3 is 0 Å². The zero-order valence-electron chi connectivity index (χ0n) is 9.89. The van der Waals surface area contributed by atoms with Gasteiger partial charge in [-0.3, -0.25) is 0 Å². The van der Waals surface area contributed by atoms with E-state index < -0.39 is 0 Å². The van der Waals surface area contributed by atoms with Crippen LogP contribution in [0.5, 0.6) is 0 Å². The maximum Gasteiger partial charge on any atom is 0.129 e. The molecule has 0 saturated heterocycles. The van der Waals surface area contributed by atoms with Gasteiger partial charge in [0.15, 0.2) is 0 Å². The van der Waals surface area contributed by atoms with Gasteiger partial charge in [0.2, 0.25) is 0 Å². The molecule has 0 atom stereocenters. The Labute approximate surface area is 95.7 Å². The van der Waals surface area contributed by atoms with Crippen LogP contribution in [0.2, 0.25) is 0 Å². The molecule has 0 N–H and O–H groups in total. The summed E-state index contributed by atoms with van der Waals surface area (Å²) in [5.74, 6) is -0.705. The van der Waals surface area contributed by atoms with Crippen LogP contribution in [0.3, 0.4) is 0 Å². The fourth-order valence-corrected chi connectivity index (χ4v) is 2.59. The molecule has 0 spiro atoms. The summed E-state index contributed by atoms with van der Waals surface area (Å²) >= 11 is 0. The number of halogens is 2. The largest absolute Gasteiger partial charge is 0.207 e. The summed E-state index contributed by atoms with van der Waals surface area (Å²) in [6, 6.07) is 4.15. The lowest BCUT2D eigenvalue weighted by atomic mass is 9.71. The van der Waals surface area contributed by atoms with Crippen molar-refractivity contribution in [3.05, 3.63) is 35.4 Å². The Bertz CT molecular complexity index is 352. The molecular formula is C14H18F2. The fraction of sp³-hybridized carbons (Fsp3) is 0.571. The minimum absolute atomic E-state index is 0.0641. The van der Waals surface area contributed by atoms with E-state index >= 15 is 0 Å². The highest BCUT2D eigenvalue weighted by Gasteiger charge is 2.30. The molecule has 0 heterocycles. The molecule has 2 rings (SSSR count). The highest BCUT2D eigenvalue weighted by atomic mass is 19.1. The smallest absolute Gasteiger partial charge is 0.129 e.